The molecule has 1 aliphatic rings. The number of carbonyl (C=O) groups is 3. The van der Waals surface area contributed by atoms with E-state index < -0.39 is 11.4 Å². The third-order valence-corrected chi connectivity index (χ3v) is 2.92. The second-order valence-electron chi connectivity index (χ2n) is 4.41. The zero-order chi connectivity index (χ0) is 13.8. The lowest BCUT2D eigenvalue weighted by Gasteiger charge is -2.32. The minimum absolute atomic E-state index is 0.233. The largest absolute Gasteiger partial charge is 0.338 e. The Balaban J connectivity index is 2.80. The van der Waals surface area contributed by atoms with Crippen LogP contribution in [0.3, 0.4) is 0 Å². The van der Waals surface area contributed by atoms with E-state index in [1.807, 2.05) is 6.92 Å². The molecule has 0 saturated carbocycles. The number of hydrogen-bond acceptors (Lipinski definition) is 3. The van der Waals surface area contributed by atoms with Gasteiger partial charge in [0.25, 0.3) is 11.8 Å². The van der Waals surface area contributed by atoms with Crippen LogP contribution in [0.25, 0.3) is 0 Å². The van der Waals surface area contributed by atoms with Gasteiger partial charge in [-0.2, -0.15) is 0 Å². The molecule has 0 bridgehead atoms. The number of allylic oxidation sites excluding steroid dienone is 2. The minimum atomic E-state index is -1.03. The van der Waals surface area contributed by atoms with E-state index in [0.29, 0.717) is 12.0 Å². The molecule has 5 heteroatoms. The molecule has 0 aromatic heterocycles. The summed E-state index contributed by atoms with van der Waals surface area (Å²) in [6.07, 6.45) is 5.64. The maximum Gasteiger partial charge on any atom is 0.252 e. The molecule has 98 valence electrons. The number of rotatable bonds is 3. The normalized spacial score (nSPS) is 25.2. The Morgan fingerprint density at radius 1 is 1.39 bits per heavy atom. The summed E-state index contributed by atoms with van der Waals surface area (Å²) in [6, 6.07) is 0. The molecule has 0 radical (unpaired) electrons. The molecule has 1 atom stereocenters. The Bertz CT molecular complexity index is 438. The van der Waals surface area contributed by atoms with Crippen molar-refractivity contribution in [2.24, 2.45) is 0 Å². The van der Waals surface area contributed by atoms with Gasteiger partial charge in [0, 0.05) is 12.0 Å². The highest BCUT2D eigenvalue weighted by atomic mass is 16.2. The van der Waals surface area contributed by atoms with E-state index in [-0.39, 0.29) is 18.2 Å². The second-order valence-corrected chi connectivity index (χ2v) is 4.41. The first-order valence-corrected chi connectivity index (χ1v) is 5.88. The summed E-state index contributed by atoms with van der Waals surface area (Å²) < 4.78 is 0. The van der Waals surface area contributed by atoms with Gasteiger partial charge in [0.15, 0.2) is 0 Å². The first-order chi connectivity index (χ1) is 8.42. The zero-order valence-electron chi connectivity index (χ0n) is 10.9. The van der Waals surface area contributed by atoms with Crippen molar-refractivity contribution in [1.82, 2.24) is 10.6 Å². The van der Waals surface area contributed by atoms with Gasteiger partial charge in [0.1, 0.15) is 5.54 Å². The van der Waals surface area contributed by atoms with Crippen molar-refractivity contribution in [3.63, 3.8) is 0 Å². The molecule has 2 N–H and O–H groups in total. The summed E-state index contributed by atoms with van der Waals surface area (Å²) >= 11 is 0. The summed E-state index contributed by atoms with van der Waals surface area (Å²) in [6.45, 7) is 5.18. The maximum atomic E-state index is 12.0. The van der Waals surface area contributed by atoms with Gasteiger partial charge in [-0.3, -0.25) is 19.7 Å². The lowest BCUT2D eigenvalue weighted by Crippen LogP contribution is -2.61. The molecule has 1 aliphatic heterocycles. The maximum absolute atomic E-state index is 12.0. The average Bonchev–Trinajstić information content (AvgIpc) is 2.31. The van der Waals surface area contributed by atoms with Gasteiger partial charge < -0.3 is 5.32 Å². The van der Waals surface area contributed by atoms with E-state index in [0.717, 1.165) is 0 Å². The molecule has 0 aliphatic carbocycles. The average molecular weight is 250 g/mol. The fourth-order valence-electron chi connectivity index (χ4n) is 1.73. The molecule has 0 aromatic carbocycles. The number of nitrogens with one attached hydrogen (secondary N) is 2. The summed E-state index contributed by atoms with van der Waals surface area (Å²) in [5.74, 6) is -1.07. The summed E-state index contributed by atoms with van der Waals surface area (Å²) in [5, 5.41) is 4.91. The monoisotopic (exact) mass is 250 g/mol. The molecule has 1 rings (SSSR count). The van der Waals surface area contributed by atoms with E-state index in [1.54, 1.807) is 32.1 Å². The van der Waals surface area contributed by atoms with E-state index >= 15 is 0 Å². The summed E-state index contributed by atoms with van der Waals surface area (Å²) in [7, 11) is 0. The van der Waals surface area contributed by atoms with Gasteiger partial charge >= 0.3 is 0 Å². The first kappa shape index (κ1) is 14.2. The van der Waals surface area contributed by atoms with Crippen molar-refractivity contribution >= 4 is 17.7 Å². The molecular weight excluding hydrogens is 232 g/mol. The van der Waals surface area contributed by atoms with Crippen LogP contribution >= 0.6 is 0 Å². The summed E-state index contributed by atoms with van der Waals surface area (Å²) in [5.41, 5.74) is -0.538. The van der Waals surface area contributed by atoms with Gasteiger partial charge in [-0.25, -0.2) is 0 Å². The van der Waals surface area contributed by atoms with Gasteiger partial charge in [0.05, 0.1) is 0 Å². The van der Waals surface area contributed by atoms with E-state index in [4.69, 9.17) is 0 Å². The molecule has 1 fully saturated rings. The van der Waals surface area contributed by atoms with Gasteiger partial charge in [-0.15, -0.1) is 0 Å². The highest BCUT2D eigenvalue weighted by molar-refractivity contribution is 6.06. The highest BCUT2D eigenvalue weighted by Gasteiger charge is 2.39. The molecule has 0 spiro atoms. The van der Waals surface area contributed by atoms with Crippen molar-refractivity contribution in [3.05, 3.63) is 23.8 Å². The van der Waals surface area contributed by atoms with Crippen molar-refractivity contribution in [3.8, 4) is 0 Å². The standard InChI is InChI=1S/C13H18N2O3/c1-4-6-9(5-2)11(17)15-13(3)8-7-10(16)14-12(13)18/h4-6H,7-8H2,1-3H3,(H,15,17)(H,14,16,18)/b6-4?,9-5+. The number of piperidine rings is 1. The highest BCUT2D eigenvalue weighted by Crippen LogP contribution is 2.18. The third kappa shape index (κ3) is 3.06. The van der Waals surface area contributed by atoms with Crippen LogP contribution in [0.4, 0.5) is 0 Å². The SMILES string of the molecule is CC=C/C(=C\C)C(=O)NC1(C)CCC(=O)NC1=O. The Morgan fingerprint density at radius 2 is 2.06 bits per heavy atom. The van der Waals surface area contributed by atoms with Gasteiger partial charge in [-0.05, 0) is 27.2 Å². The second kappa shape index (κ2) is 5.62. The van der Waals surface area contributed by atoms with Crippen LogP contribution in [0.15, 0.2) is 23.8 Å². The molecule has 1 unspecified atom stereocenters. The molecule has 0 aromatic rings. The molecule has 3 amide bonds. The number of imide groups is 1. The Hall–Kier alpha value is -1.91. The quantitative estimate of drug-likeness (QED) is 0.442. The molecule has 1 heterocycles. The van der Waals surface area contributed by atoms with Gasteiger partial charge in [0.2, 0.25) is 5.91 Å². The van der Waals surface area contributed by atoms with Crippen LogP contribution in [-0.4, -0.2) is 23.3 Å². The lowest BCUT2D eigenvalue weighted by molar-refractivity contribution is -0.140. The van der Waals surface area contributed by atoms with Crippen molar-refractivity contribution in [2.45, 2.75) is 39.2 Å². The van der Waals surface area contributed by atoms with Crippen LogP contribution < -0.4 is 10.6 Å². The van der Waals surface area contributed by atoms with E-state index in [1.165, 1.54) is 0 Å². The molecular formula is C13H18N2O3. The minimum Gasteiger partial charge on any atom is -0.338 e. The van der Waals surface area contributed by atoms with Gasteiger partial charge in [-0.1, -0.05) is 18.2 Å². The fourth-order valence-corrected chi connectivity index (χ4v) is 1.73. The molecule has 18 heavy (non-hydrogen) atoms. The van der Waals surface area contributed by atoms with Crippen molar-refractivity contribution in [1.29, 1.82) is 0 Å². The molecule has 5 nitrogen and oxygen atoms in total. The van der Waals surface area contributed by atoms with Crippen molar-refractivity contribution < 1.29 is 14.4 Å². The topological polar surface area (TPSA) is 75.3 Å². The smallest absolute Gasteiger partial charge is 0.252 e. The lowest BCUT2D eigenvalue weighted by atomic mass is 9.90. The summed E-state index contributed by atoms with van der Waals surface area (Å²) in [4.78, 5) is 34.8. The van der Waals surface area contributed by atoms with E-state index in [9.17, 15) is 14.4 Å². The number of amides is 3. The first-order valence-electron chi connectivity index (χ1n) is 5.88. The van der Waals surface area contributed by atoms with Crippen LogP contribution in [-0.2, 0) is 14.4 Å². The fraction of sp³-hybridized carbons (Fsp3) is 0.462. The Labute approximate surface area is 106 Å². The van der Waals surface area contributed by atoms with Crippen LogP contribution in [0.2, 0.25) is 0 Å². The van der Waals surface area contributed by atoms with Crippen molar-refractivity contribution in [2.75, 3.05) is 0 Å². The predicted molar refractivity (Wildman–Crippen MR) is 67.5 cm³/mol. The third-order valence-electron chi connectivity index (χ3n) is 2.92. The van der Waals surface area contributed by atoms with Crippen LogP contribution in [0.1, 0.15) is 33.6 Å². The molecule has 1 saturated heterocycles. The number of carbonyl (C=O) groups excluding carboxylic acids is 3. The predicted octanol–water partition coefficient (Wildman–Crippen LogP) is 0.820. The zero-order valence-corrected chi connectivity index (χ0v) is 10.9. The number of hydrogen-bond donors (Lipinski definition) is 2. The Kier molecular flexibility index (Phi) is 4.42. The van der Waals surface area contributed by atoms with Crippen LogP contribution in [0, 0.1) is 0 Å². The van der Waals surface area contributed by atoms with E-state index in [2.05, 4.69) is 10.6 Å². The Morgan fingerprint density at radius 3 is 2.56 bits per heavy atom. The van der Waals surface area contributed by atoms with Crippen LogP contribution in [0.5, 0.6) is 0 Å².